The molecule has 0 aromatic heterocycles. The van der Waals surface area contributed by atoms with Crippen LogP contribution in [0.1, 0.15) is 81.1 Å². The highest BCUT2D eigenvalue weighted by Crippen LogP contribution is 2.17. The van der Waals surface area contributed by atoms with E-state index in [4.69, 9.17) is 18.9 Å². The summed E-state index contributed by atoms with van der Waals surface area (Å²) in [7, 11) is 0. The molecule has 0 saturated carbocycles. The SMILES string of the molecule is CC.CC1CCC(C)OC1.CC1CCC(C)OC1.CC1COC(C)OC1. The van der Waals surface area contributed by atoms with Crippen molar-refractivity contribution in [1.82, 2.24) is 0 Å². The van der Waals surface area contributed by atoms with E-state index in [1.54, 1.807) is 0 Å². The van der Waals surface area contributed by atoms with Crippen molar-refractivity contribution in [2.75, 3.05) is 26.4 Å². The lowest BCUT2D eigenvalue weighted by Crippen LogP contribution is -2.27. The molecule has 0 bridgehead atoms. The Kier molecular flexibility index (Phi) is 15.8. The van der Waals surface area contributed by atoms with Crippen LogP contribution in [0.2, 0.25) is 0 Å². The summed E-state index contributed by atoms with van der Waals surface area (Å²) in [6, 6.07) is 0. The smallest absolute Gasteiger partial charge is 0.154 e. The zero-order valence-electron chi connectivity index (χ0n) is 18.8. The third-order valence-corrected chi connectivity index (χ3v) is 4.69. The first-order valence-corrected chi connectivity index (χ1v) is 10.8. The van der Waals surface area contributed by atoms with Crippen LogP contribution in [0.4, 0.5) is 0 Å². The molecule has 0 aromatic rings. The van der Waals surface area contributed by atoms with Crippen molar-refractivity contribution < 1.29 is 18.9 Å². The van der Waals surface area contributed by atoms with Crippen molar-refractivity contribution >= 4 is 0 Å². The molecule has 3 aliphatic rings. The Morgan fingerprint density at radius 3 is 1.04 bits per heavy atom. The molecule has 0 radical (unpaired) electrons. The molecular weight excluding hydrogens is 328 g/mol. The number of hydrogen-bond donors (Lipinski definition) is 0. The van der Waals surface area contributed by atoms with Gasteiger partial charge in [-0.3, -0.25) is 0 Å². The molecule has 0 N–H and O–H groups in total. The zero-order chi connectivity index (χ0) is 19.9. The van der Waals surface area contributed by atoms with Crippen LogP contribution in [0.15, 0.2) is 0 Å². The molecule has 3 saturated heterocycles. The average Bonchev–Trinajstić information content (AvgIpc) is 2.65. The van der Waals surface area contributed by atoms with Crippen molar-refractivity contribution in [3.63, 3.8) is 0 Å². The van der Waals surface area contributed by atoms with Gasteiger partial charge in [0.15, 0.2) is 6.29 Å². The van der Waals surface area contributed by atoms with Crippen LogP contribution in [0.3, 0.4) is 0 Å². The second kappa shape index (κ2) is 15.9. The molecular formula is C22H46O4. The summed E-state index contributed by atoms with van der Waals surface area (Å²) in [6.45, 7) is 20.5. The van der Waals surface area contributed by atoms with Gasteiger partial charge in [0.2, 0.25) is 0 Å². The summed E-state index contributed by atoms with van der Waals surface area (Å²) in [5.41, 5.74) is 0. The summed E-state index contributed by atoms with van der Waals surface area (Å²) in [5.74, 6) is 2.17. The first kappa shape index (κ1) is 25.8. The van der Waals surface area contributed by atoms with E-state index in [1.807, 2.05) is 20.8 Å². The molecule has 4 nitrogen and oxygen atoms in total. The third kappa shape index (κ3) is 14.0. The topological polar surface area (TPSA) is 36.9 Å². The number of hydrogen-bond acceptors (Lipinski definition) is 4. The van der Waals surface area contributed by atoms with Crippen LogP contribution in [0.5, 0.6) is 0 Å². The van der Waals surface area contributed by atoms with Gasteiger partial charge in [-0.2, -0.15) is 0 Å². The van der Waals surface area contributed by atoms with E-state index in [1.165, 1.54) is 25.7 Å². The minimum Gasteiger partial charge on any atom is -0.378 e. The largest absolute Gasteiger partial charge is 0.378 e. The summed E-state index contributed by atoms with van der Waals surface area (Å²) in [6.07, 6.45) is 6.26. The third-order valence-electron chi connectivity index (χ3n) is 4.69. The highest BCUT2D eigenvalue weighted by Gasteiger charge is 2.14. The molecule has 0 aromatic carbocycles. The lowest BCUT2D eigenvalue weighted by atomic mass is 10.0. The van der Waals surface area contributed by atoms with Gasteiger partial charge in [0.1, 0.15) is 0 Å². The molecule has 4 unspecified atom stereocenters. The van der Waals surface area contributed by atoms with Gasteiger partial charge in [-0.15, -0.1) is 0 Å². The Morgan fingerprint density at radius 2 is 0.808 bits per heavy atom. The van der Waals surface area contributed by atoms with E-state index in [2.05, 4.69) is 34.6 Å². The highest BCUT2D eigenvalue weighted by molar-refractivity contribution is 4.63. The maximum Gasteiger partial charge on any atom is 0.154 e. The van der Waals surface area contributed by atoms with Crippen molar-refractivity contribution in [1.29, 1.82) is 0 Å². The summed E-state index contributed by atoms with van der Waals surface area (Å²) < 4.78 is 21.1. The van der Waals surface area contributed by atoms with E-state index >= 15 is 0 Å². The van der Waals surface area contributed by atoms with Crippen molar-refractivity contribution in [3.8, 4) is 0 Å². The van der Waals surface area contributed by atoms with Gasteiger partial charge in [-0.25, -0.2) is 0 Å². The van der Waals surface area contributed by atoms with E-state index < -0.39 is 0 Å². The predicted molar refractivity (Wildman–Crippen MR) is 110 cm³/mol. The Bertz CT molecular complexity index is 209. The molecule has 0 aliphatic carbocycles. The second-order valence-electron chi connectivity index (χ2n) is 7.99. The quantitative estimate of drug-likeness (QED) is 0.546. The second-order valence-corrected chi connectivity index (χ2v) is 7.99. The lowest BCUT2D eigenvalue weighted by Gasteiger charge is -2.24. The summed E-state index contributed by atoms with van der Waals surface area (Å²) in [5, 5.41) is 0. The summed E-state index contributed by atoms with van der Waals surface area (Å²) in [4.78, 5) is 0. The zero-order valence-corrected chi connectivity index (χ0v) is 18.8. The van der Waals surface area contributed by atoms with Gasteiger partial charge in [0.25, 0.3) is 0 Å². The molecule has 3 aliphatic heterocycles. The van der Waals surface area contributed by atoms with Crippen LogP contribution in [-0.4, -0.2) is 44.9 Å². The fraction of sp³-hybridized carbons (Fsp3) is 1.00. The number of ether oxygens (including phenoxy) is 4. The van der Waals surface area contributed by atoms with Gasteiger partial charge in [-0.1, -0.05) is 34.6 Å². The van der Waals surface area contributed by atoms with Crippen LogP contribution in [0.25, 0.3) is 0 Å². The minimum atomic E-state index is 0.0196. The highest BCUT2D eigenvalue weighted by atomic mass is 16.7. The molecule has 4 heteroatoms. The number of rotatable bonds is 0. The maximum atomic E-state index is 5.39. The van der Waals surface area contributed by atoms with Crippen LogP contribution in [0, 0.1) is 17.8 Å². The molecule has 3 heterocycles. The van der Waals surface area contributed by atoms with E-state index in [0.717, 1.165) is 38.3 Å². The van der Waals surface area contributed by atoms with Crippen LogP contribution < -0.4 is 0 Å². The first-order valence-electron chi connectivity index (χ1n) is 10.8. The Morgan fingerprint density at radius 1 is 0.462 bits per heavy atom. The van der Waals surface area contributed by atoms with Crippen molar-refractivity contribution in [2.24, 2.45) is 17.8 Å². The fourth-order valence-electron chi connectivity index (χ4n) is 2.72. The van der Waals surface area contributed by atoms with E-state index in [-0.39, 0.29) is 6.29 Å². The Labute approximate surface area is 163 Å². The molecule has 158 valence electrons. The van der Waals surface area contributed by atoms with E-state index in [9.17, 15) is 0 Å². The van der Waals surface area contributed by atoms with Crippen LogP contribution in [-0.2, 0) is 18.9 Å². The monoisotopic (exact) mass is 374 g/mol. The molecule has 3 rings (SSSR count). The van der Waals surface area contributed by atoms with Crippen molar-refractivity contribution in [2.45, 2.75) is 99.6 Å². The normalized spacial score (nSPS) is 36.9. The minimum absolute atomic E-state index is 0.0196. The maximum absolute atomic E-state index is 5.39. The van der Waals surface area contributed by atoms with Gasteiger partial charge in [0.05, 0.1) is 25.4 Å². The fourth-order valence-corrected chi connectivity index (χ4v) is 2.72. The molecule has 0 amide bonds. The van der Waals surface area contributed by atoms with Gasteiger partial charge >= 0.3 is 0 Å². The summed E-state index contributed by atoms with van der Waals surface area (Å²) >= 11 is 0. The lowest BCUT2D eigenvalue weighted by molar-refractivity contribution is -0.187. The van der Waals surface area contributed by atoms with E-state index in [0.29, 0.717) is 18.1 Å². The molecule has 0 spiro atoms. The van der Waals surface area contributed by atoms with Crippen LogP contribution >= 0.6 is 0 Å². The molecule has 26 heavy (non-hydrogen) atoms. The van der Waals surface area contributed by atoms with Gasteiger partial charge in [0, 0.05) is 19.1 Å². The molecule has 4 atom stereocenters. The molecule has 3 fully saturated rings. The standard InChI is InChI=1S/2C7H14O.C6H12O2.C2H6/c2*1-6-3-4-7(2)8-5-6;1-5-3-7-6(2)8-4-5;1-2/h2*6-7H,3-5H2,1-2H3;5-6H,3-4H2,1-2H3;1-2H3. The Hall–Kier alpha value is -0.160. The van der Waals surface area contributed by atoms with Crippen molar-refractivity contribution in [3.05, 3.63) is 0 Å². The van der Waals surface area contributed by atoms with Gasteiger partial charge in [-0.05, 0) is 58.3 Å². The predicted octanol–water partition coefficient (Wildman–Crippen LogP) is 5.68. The average molecular weight is 375 g/mol. The first-order chi connectivity index (χ1) is 12.4. The Balaban J connectivity index is 0.000000344. The van der Waals surface area contributed by atoms with Gasteiger partial charge < -0.3 is 18.9 Å².